The highest BCUT2D eigenvalue weighted by Gasteiger charge is 2.32. The maximum Gasteiger partial charge on any atom is 0.316 e. The Bertz CT molecular complexity index is 434. The number of hydrogen-bond acceptors (Lipinski definition) is 4. The van der Waals surface area contributed by atoms with Crippen molar-refractivity contribution in [1.29, 1.82) is 0 Å². The van der Waals surface area contributed by atoms with Gasteiger partial charge in [0, 0.05) is 24.9 Å². The molecule has 1 aromatic heterocycles. The molecule has 1 atom stereocenters. The summed E-state index contributed by atoms with van der Waals surface area (Å²) in [5.74, 6) is 0.584. The van der Waals surface area contributed by atoms with Gasteiger partial charge in [-0.2, -0.15) is 0 Å². The SMILES string of the molecule is O=C(C1CCC1)N1CCCC(Oc2ncccn2)C1. The average molecular weight is 261 g/mol. The lowest BCUT2D eigenvalue weighted by molar-refractivity contribution is -0.140. The Morgan fingerprint density at radius 2 is 2.00 bits per heavy atom. The molecule has 1 aromatic rings. The van der Waals surface area contributed by atoms with Crippen LogP contribution in [0.5, 0.6) is 6.01 Å². The predicted octanol–water partition coefficient (Wildman–Crippen LogP) is 1.65. The Morgan fingerprint density at radius 3 is 2.68 bits per heavy atom. The highest BCUT2D eigenvalue weighted by Crippen LogP contribution is 2.29. The number of ether oxygens (including phenoxy) is 1. The van der Waals surface area contributed by atoms with Crippen LogP contribution in [0.15, 0.2) is 18.5 Å². The standard InChI is InChI=1S/C14H19N3O2/c18-13(11-4-1-5-11)17-9-2-6-12(10-17)19-14-15-7-3-8-16-14/h3,7-8,11-12H,1-2,4-6,9-10H2. The van der Waals surface area contributed by atoms with E-state index in [4.69, 9.17) is 4.74 Å². The van der Waals surface area contributed by atoms with Crippen LogP contribution in [0.2, 0.25) is 0 Å². The van der Waals surface area contributed by atoms with E-state index in [2.05, 4.69) is 9.97 Å². The fraction of sp³-hybridized carbons (Fsp3) is 0.643. The molecule has 3 rings (SSSR count). The molecule has 2 fully saturated rings. The third-order valence-electron chi connectivity index (χ3n) is 3.96. The van der Waals surface area contributed by atoms with Crippen molar-refractivity contribution in [2.24, 2.45) is 5.92 Å². The zero-order chi connectivity index (χ0) is 13.1. The summed E-state index contributed by atoms with van der Waals surface area (Å²) < 4.78 is 5.75. The second-order valence-corrected chi connectivity index (χ2v) is 5.33. The van der Waals surface area contributed by atoms with Crippen molar-refractivity contribution in [2.45, 2.75) is 38.2 Å². The molecule has 0 N–H and O–H groups in total. The Hall–Kier alpha value is -1.65. The molecular weight excluding hydrogens is 242 g/mol. The first-order valence-corrected chi connectivity index (χ1v) is 7.05. The minimum absolute atomic E-state index is 0.0279. The lowest BCUT2D eigenvalue weighted by atomic mass is 9.84. The summed E-state index contributed by atoms with van der Waals surface area (Å²) >= 11 is 0. The highest BCUT2D eigenvalue weighted by molar-refractivity contribution is 5.79. The number of carbonyl (C=O) groups excluding carboxylic acids is 1. The van der Waals surface area contributed by atoms with Crippen LogP contribution in [0.3, 0.4) is 0 Å². The fourth-order valence-electron chi connectivity index (χ4n) is 2.64. The van der Waals surface area contributed by atoms with E-state index in [9.17, 15) is 4.79 Å². The van der Waals surface area contributed by atoms with Crippen LogP contribution in [0, 0.1) is 5.92 Å². The van der Waals surface area contributed by atoms with E-state index >= 15 is 0 Å². The minimum Gasteiger partial charge on any atom is -0.458 e. The van der Waals surface area contributed by atoms with Crippen molar-refractivity contribution in [3.05, 3.63) is 18.5 Å². The van der Waals surface area contributed by atoms with Crippen LogP contribution >= 0.6 is 0 Å². The van der Waals surface area contributed by atoms with Gasteiger partial charge in [0.25, 0.3) is 0 Å². The number of hydrogen-bond donors (Lipinski definition) is 0. The Morgan fingerprint density at radius 1 is 1.21 bits per heavy atom. The smallest absolute Gasteiger partial charge is 0.316 e. The number of aromatic nitrogens is 2. The quantitative estimate of drug-likeness (QED) is 0.830. The van der Waals surface area contributed by atoms with Crippen molar-refractivity contribution in [3.8, 4) is 6.01 Å². The summed E-state index contributed by atoms with van der Waals surface area (Å²) in [7, 11) is 0. The van der Waals surface area contributed by atoms with Crippen molar-refractivity contribution in [2.75, 3.05) is 13.1 Å². The van der Waals surface area contributed by atoms with Gasteiger partial charge in [0.1, 0.15) is 6.10 Å². The van der Waals surface area contributed by atoms with Crippen LogP contribution in [-0.2, 0) is 4.79 Å². The first-order chi connectivity index (χ1) is 9.33. The van der Waals surface area contributed by atoms with Gasteiger partial charge in [0.2, 0.25) is 5.91 Å². The molecule has 5 nitrogen and oxygen atoms in total. The summed E-state index contributed by atoms with van der Waals surface area (Å²) in [6, 6.07) is 2.17. The Kier molecular flexibility index (Phi) is 3.62. The molecule has 1 saturated carbocycles. The van der Waals surface area contributed by atoms with Gasteiger partial charge < -0.3 is 9.64 Å². The van der Waals surface area contributed by atoms with E-state index < -0.39 is 0 Å². The molecule has 1 unspecified atom stereocenters. The number of rotatable bonds is 3. The second kappa shape index (κ2) is 5.55. The van der Waals surface area contributed by atoms with E-state index in [0.29, 0.717) is 18.5 Å². The Balaban J connectivity index is 1.57. The number of nitrogens with zero attached hydrogens (tertiary/aromatic N) is 3. The number of likely N-dealkylation sites (tertiary alicyclic amines) is 1. The number of amides is 1. The van der Waals surface area contributed by atoms with Crippen LogP contribution in [0.25, 0.3) is 0 Å². The third-order valence-corrected chi connectivity index (χ3v) is 3.96. The van der Waals surface area contributed by atoms with Crippen LogP contribution in [-0.4, -0.2) is 40.0 Å². The molecule has 0 radical (unpaired) electrons. The van der Waals surface area contributed by atoms with Gasteiger partial charge in [-0.3, -0.25) is 4.79 Å². The molecule has 2 heterocycles. The van der Waals surface area contributed by atoms with Gasteiger partial charge in [0.15, 0.2) is 0 Å². The van der Waals surface area contributed by atoms with Gasteiger partial charge in [-0.05, 0) is 31.7 Å². The molecule has 1 amide bonds. The van der Waals surface area contributed by atoms with Gasteiger partial charge in [0.05, 0.1) is 6.54 Å². The van der Waals surface area contributed by atoms with Gasteiger partial charge in [-0.15, -0.1) is 0 Å². The van der Waals surface area contributed by atoms with Gasteiger partial charge in [-0.25, -0.2) is 9.97 Å². The third kappa shape index (κ3) is 2.85. The van der Waals surface area contributed by atoms with Crippen molar-refractivity contribution in [3.63, 3.8) is 0 Å². The second-order valence-electron chi connectivity index (χ2n) is 5.33. The summed E-state index contributed by atoms with van der Waals surface area (Å²) in [4.78, 5) is 22.3. The van der Waals surface area contributed by atoms with Crippen molar-refractivity contribution >= 4 is 5.91 Å². The maximum atomic E-state index is 12.2. The molecular formula is C14H19N3O2. The van der Waals surface area contributed by atoms with E-state index in [1.165, 1.54) is 6.42 Å². The topological polar surface area (TPSA) is 55.3 Å². The van der Waals surface area contributed by atoms with E-state index in [0.717, 1.165) is 32.2 Å². The predicted molar refractivity (Wildman–Crippen MR) is 69.6 cm³/mol. The molecule has 0 aromatic carbocycles. The van der Waals surface area contributed by atoms with E-state index in [1.54, 1.807) is 18.5 Å². The van der Waals surface area contributed by atoms with Crippen LogP contribution in [0.1, 0.15) is 32.1 Å². The molecule has 1 aliphatic heterocycles. The first-order valence-electron chi connectivity index (χ1n) is 7.05. The molecule has 102 valence electrons. The molecule has 0 spiro atoms. The molecule has 2 aliphatic rings. The Labute approximate surface area is 113 Å². The largest absolute Gasteiger partial charge is 0.458 e. The van der Waals surface area contributed by atoms with Gasteiger partial charge >= 0.3 is 6.01 Å². The molecule has 1 saturated heterocycles. The zero-order valence-corrected chi connectivity index (χ0v) is 11.0. The normalized spacial score (nSPS) is 23.8. The summed E-state index contributed by atoms with van der Waals surface area (Å²) in [5, 5.41) is 0. The summed E-state index contributed by atoms with van der Waals surface area (Å²) in [6.07, 6.45) is 8.64. The van der Waals surface area contributed by atoms with Crippen molar-refractivity contribution in [1.82, 2.24) is 14.9 Å². The molecule has 1 aliphatic carbocycles. The van der Waals surface area contributed by atoms with E-state index in [1.807, 2.05) is 4.90 Å². The zero-order valence-electron chi connectivity index (χ0n) is 11.0. The number of piperidine rings is 1. The molecule has 0 bridgehead atoms. The minimum atomic E-state index is 0.0279. The highest BCUT2D eigenvalue weighted by atomic mass is 16.5. The van der Waals surface area contributed by atoms with Crippen LogP contribution in [0.4, 0.5) is 0 Å². The summed E-state index contributed by atoms with van der Waals surface area (Å²) in [5.41, 5.74) is 0. The molecule has 19 heavy (non-hydrogen) atoms. The lowest BCUT2D eigenvalue weighted by Crippen LogP contribution is -2.47. The first kappa shape index (κ1) is 12.4. The molecule has 5 heteroatoms. The van der Waals surface area contributed by atoms with E-state index in [-0.39, 0.29) is 12.0 Å². The lowest BCUT2D eigenvalue weighted by Gasteiger charge is -2.36. The maximum absolute atomic E-state index is 12.2. The van der Waals surface area contributed by atoms with Crippen LogP contribution < -0.4 is 4.74 Å². The monoisotopic (exact) mass is 261 g/mol. The number of carbonyl (C=O) groups is 1. The van der Waals surface area contributed by atoms with Gasteiger partial charge in [-0.1, -0.05) is 6.42 Å². The summed E-state index contributed by atoms with van der Waals surface area (Å²) in [6.45, 7) is 1.54. The van der Waals surface area contributed by atoms with Crippen molar-refractivity contribution < 1.29 is 9.53 Å². The fourth-order valence-corrected chi connectivity index (χ4v) is 2.64. The average Bonchev–Trinajstić information content (AvgIpc) is 2.38.